The number of rotatable bonds is 2. The third-order valence-electron chi connectivity index (χ3n) is 2.33. The van der Waals surface area contributed by atoms with Crippen molar-refractivity contribution in [3.05, 3.63) is 29.8 Å². The topological polar surface area (TPSA) is 48.1 Å². The van der Waals surface area contributed by atoms with Crippen LogP contribution in [0.3, 0.4) is 0 Å². The highest BCUT2D eigenvalue weighted by Crippen LogP contribution is 2.27. The maximum atomic E-state index is 5.72. The summed E-state index contributed by atoms with van der Waals surface area (Å²) in [6.07, 6.45) is 0. The van der Waals surface area contributed by atoms with E-state index in [0.717, 1.165) is 22.2 Å². The minimum atomic E-state index is 0.534. The van der Waals surface area contributed by atoms with Crippen molar-refractivity contribution in [2.45, 2.75) is 13.8 Å². The highest BCUT2D eigenvalue weighted by atomic mass is 16.5. The summed E-state index contributed by atoms with van der Waals surface area (Å²) in [5.41, 5.74) is 7.69. The molecule has 78 valence electrons. The molecule has 0 bridgehead atoms. The minimum Gasteiger partial charge on any atom is -0.492 e. The highest BCUT2D eigenvalue weighted by molar-refractivity contribution is 5.88. The van der Waals surface area contributed by atoms with E-state index in [1.165, 1.54) is 0 Å². The number of anilines is 1. The number of aryl methyl sites for hydroxylation is 1. The number of para-hydroxylation sites is 1. The molecule has 0 radical (unpaired) electrons. The number of nitrogen functional groups attached to an aromatic ring is 1. The number of benzene rings is 1. The number of hydrogen-bond acceptors (Lipinski definition) is 3. The Morgan fingerprint density at radius 2 is 2.20 bits per heavy atom. The second-order valence-corrected chi connectivity index (χ2v) is 3.45. The van der Waals surface area contributed by atoms with E-state index in [0.29, 0.717) is 12.4 Å². The molecule has 0 atom stereocenters. The Kier molecular flexibility index (Phi) is 2.46. The fraction of sp³-hybridized carbons (Fsp3) is 0.250. The molecule has 3 nitrogen and oxygen atoms in total. The Bertz CT molecular complexity index is 494. The van der Waals surface area contributed by atoms with Gasteiger partial charge in [-0.1, -0.05) is 12.1 Å². The van der Waals surface area contributed by atoms with Crippen molar-refractivity contribution in [3.8, 4) is 5.75 Å². The first-order chi connectivity index (χ1) is 7.22. The van der Waals surface area contributed by atoms with Crippen molar-refractivity contribution in [3.63, 3.8) is 0 Å². The van der Waals surface area contributed by atoms with Crippen molar-refractivity contribution in [2.75, 3.05) is 12.3 Å². The lowest BCUT2D eigenvalue weighted by atomic mass is 10.1. The molecule has 0 amide bonds. The predicted octanol–water partition coefficient (Wildman–Crippen LogP) is 2.52. The summed E-state index contributed by atoms with van der Waals surface area (Å²) in [5.74, 6) is 1.33. The molecule has 0 aliphatic rings. The van der Waals surface area contributed by atoms with Crippen LogP contribution in [0.4, 0.5) is 5.82 Å². The summed E-state index contributed by atoms with van der Waals surface area (Å²) in [4.78, 5) is 4.31. The number of pyridine rings is 1. The third kappa shape index (κ3) is 1.73. The van der Waals surface area contributed by atoms with Crippen molar-refractivity contribution in [2.24, 2.45) is 0 Å². The van der Waals surface area contributed by atoms with Gasteiger partial charge in [0.1, 0.15) is 17.1 Å². The fourth-order valence-corrected chi connectivity index (χ4v) is 1.69. The monoisotopic (exact) mass is 202 g/mol. The summed E-state index contributed by atoms with van der Waals surface area (Å²) >= 11 is 0. The number of hydrogen-bond donors (Lipinski definition) is 1. The first kappa shape index (κ1) is 9.77. The van der Waals surface area contributed by atoms with E-state index in [4.69, 9.17) is 10.5 Å². The Morgan fingerprint density at radius 1 is 1.40 bits per heavy atom. The van der Waals surface area contributed by atoms with Crippen LogP contribution >= 0.6 is 0 Å². The maximum Gasteiger partial charge on any atom is 0.145 e. The van der Waals surface area contributed by atoms with Crippen LogP contribution in [0.1, 0.15) is 12.5 Å². The van der Waals surface area contributed by atoms with E-state index in [-0.39, 0.29) is 0 Å². The highest BCUT2D eigenvalue weighted by Gasteiger charge is 2.05. The van der Waals surface area contributed by atoms with E-state index >= 15 is 0 Å². The molecular formula is C12H14N2O. The minimum absolute atomic E-state index is 0.534. The smallest absolute Gasteiger partial charge is 0.145 e. The van der Waals surface area contributed by atoms with Crippen LogP contribution in [-0.2, 0) is 0 Å². The molecule has 1 heterocycles. The van der Waals surface area contributed by atoms with Gasteiger partial charge in [-0.3, -0.25) is 0 Å². The summed E-state index contributed by atoms with van der Waals surface area (Å²) in [7, 11) is 0. The van der Waals surface area contributed by atoms with Gasteiger partial charge < -0.3 is 10.5 Å². The van der Waals surface area contributed by atoms with Gasteiger partial charge in [-0.05, 0) is 31.5 Å². The average Bonchev–Trinajstić information content (AvgIpc) is 2.19. The van der Waals surface area contributed by atoms with Gasteiger partial charge in [0.05, 0.1) is 6.61 Å². The molecule has 0 spiro atoms. The molecule has 0 fully saturated rings. The van der Waals surface area contributed by atoms with E-state index in [1.54, 1.807) is 0 Å². The molecule has 1 aromatic heterocycles. The van der Waals surface area contributed by atoms with Gasteiger partial charge in [-0.15, -0.1) is 0 Å². The molecule has 2 rings (SSSR count). The Morgan fingerprint density at radius 3 is 2.93 bits per heavy atom. The Labute approximate surface area is 88.9 Å². The van der Waals surface area contributed by atoms with Crippen LogP contribution in [0.5, 0.6) is 5.75 Å². The van der Waals surface area contributed by atoms with Gasteiger partial charge in [0.25, 0.3) is 0 Å². The van der Waals surface area contributed by atoms with E-state index < -0.39 is 0 Å². The van der Waals surface area contributed by atoms with Gasteiger partial charge in [-0.25, -0.2) is 4.98 Å². The number of aromatic nitrogens is 1. The third-order valence-corrected chi connectivity index (χ3v) is 2.33. The number of fused-ring (bicyclic) bond motifs is 1. The first-order valence-electron chi connectivity index (χ1n) is 5.01. The zero-order valence-corrected chi connectivity index (χ0v) is 8.95. The molecule has 1 aromatic carbocycles. The van der Waals surface area contributed by atoms with Crippen molar-refractivity contribution in [1.29, 1.82) is 0 Å². The lowest BCUT2D eigenvalue weighted by Gasteiger charge is -2.08. The maximum absolute atomic E-state index is 5.72. The van der Waals surface area contributed by atoms with Crippen LogP contribution in [0, 0.1) is 6.92 Å². The summed E-state index contributed by atoms with van der Waals surface area (Å²) < 4.78 is 5.51. The molecule has 0 aliphatic heterocycles. The predicted molar refractivity (Wildman–Crippen MR) is 62.1 cm³/mol. The second kappa shape index (κ2) is 3.77. The molecule has 2 aromatic rings. The summed E-state index contributed by atoms with van der Waals surface area (Å²) in [5, 5.41) is 1.09. The molecule has 2 N–H and O–H groups in total. The number of ether oxygens (including phenoxy) is 1. The first-order valence-corrected chi connectivity index (χ1v) is 5.01. The quantitative estimate of drug-likeness (QED) is 0.814. The molecule has 0 unspecified atom stereocenters. The van der Waals surface area contributed by atoms with Gasteiger partial charge in [0.2, 0.25) is 0 Å². The fourth-order valence-electron chi connectivity index (χ4n) is 1.69. The van der Waals surface area contributed by atoms with E-state index in [9.17, 15) is 0 Å². The number of nitrogens with two attached hydrogens (primary N) is 1. The molecule has 0 aliphatic carbocycles. The Hall–Kier alpha value is -1.77. The normalized spacial score (nSPS) is 10.5. The van der Waals surface area contributed by atoms with Crippen LogP contribution < -0.4 is 10.5 Å². The van der Waals surface area contributed by atoms with Crippen molar-refractivity contribution in [1.82, 2.24) is 4.98 Å². The molecular weight excluding hydrogens is 188 g/mol. The zero-order chi connectivity index (χ0) is 10.8. The molecule has 0 saturated heterocycles. The molecule has 3 heteroatoms. The average molecular weight is 202 g/mol. The van der Waals surface area contributed by atoms with Crippen LogP contribution in [0.15, 0.2) is 24.3 Å². The lowest BCUT2D eigenvalue weighted by Crippen LogP contribution is -1.97. The number of nitrogens with zero attached hydrogens (tertiary/aromatic N) is 1. The van der Waals surface area contributed by atoms with Crippen LogP contribution in [-0.4, -0.2) is 11.6 Å². The van der Waals surface area contributed by atoms with Gasteiger partial charge in [0.15, 0.2) is 0 Å². The molecule has 15 heavy (non-hydrogen) atoms. The van der Waals surface area contributed by atoms with Gasteiger partial charge in [0, 0.05) is 5.39 Å². The van der Waals surface area contributed by atoms with Crippen molar-refractivity contribution < 1.29 is 4.74 Å². The standard InChI is InChI=1S/C12H14N2O/c1-3-15-10-6-4-5-9-8(2)7-11(13)14-12(9)10/h4-7H,3H2,1-2H3,(H2,13,14). The van der Waals surface area contributed by atoms with Crippen molar-refractivity contribution >= 4 is 16.7 Å². The van der Waals surface area contributed by atoms with Crippen LogP contribution in [0.25, 0.3) is 10.9 Å². The van der Waals surface area contributed by atoms with E-state index in [2.05, 4.69) is 4.98 Å². The zero-order valence-electron chi connectivity index (χ0n) is 8.95. The lowest BCUT2D eigenvalue weighted by molar-refractivity contribution is 0.343. The van der Waals surface area contributed by atoms with E-state index in [1.807, 2.05) is 38.1 Å². The summed E-state index contributed by atoms with van der Waals surface area (Å²) in [6, 6.07) is 7.79. The Balaban J connectivity index is 2.73. The second-order valence-electron chi connectivity index (χ2n) is 3.45. The van der Waals surface area contributed by atoms with Gasteiger partial charge in [-0.2, -0.15) is 0 Å². The summed E-state index contributed by atoms with van der Waals surface area (Å²) in [6.45, 7) is 4.61. The largest absolute Gasteiger partial charge is 0.492 e. The molecule has 0 saturated carbocycles. The SMILES string of the molecule is CCOc1cccc2c(C)cc(N)nc12. The van der Waals surface area contributed by atoms with Gasteiger partial charge >= 0.3 is 0 Å². The van der Waals surface area contributed by atoms with Crippen LogP contribution in [0.2, 0.25) is 0 Å².